The molecule has 0 aliphatic rings. The molecule has 4 nitrogen and oxygen atoms in total. The van der Waals surface area contributed by atoms with Gasteiger partial charge >= 0.3 is 11.9 Å². The highest BCUT2D eigenvalue weighted by molar-refractivity contribution is 5.70. The van der Waals surface area contributed by atoms with Gasteiger partial charge in [0.15, 0.2) is 0 Å². The summed E-state index contributed by atoms with van der Waals surface area (Å²) in [5, 5.41) is 9.07. The maximum Gasteiger partial charge on any atom is 0.305 e. The first kappa shape index (κ1) is 24.9. The molecule has 0 aromatic carbocycles. The standard InChI is InChI=1S/C22H42O4/c1-18(2)11-7-5-9-13-20(17-21(23)24)14-15-22(25)26-16-10-6-8-12-19(3)4/h18-20H,5-17H2,1-4H3,(H,23,24). The molecule has 26 heavy (non-hydrogen) atoms. The monoisotopic (exact) mass is 370 g/mol. The van der Waals surface area contributed by atoms with E-state index >= 15 is 0 Å². The number of carbonyl (C=O) groups excluding carboxylic acids is 1. The van der Waals surface area contributed by atoms with E-state index in [1.54, 1.807) is 0 Å². The molecule has 0 radical (unpaired) electrons. The second-order valence-electron chi connectivity index (χ2n) is 8.50. The van der Waals surface area contributed by atoms with E-state index in [0.717, 1.165) is 43.9 Å². The third-order valence-corrected chi connectivity index (χ3v) is 4.80. The number of aliphatic carboxylic acids is 1. The van der Waals surface area contributed by atoms with E-state index in [1.165, 1.54) is 25.7 Å². The second-order valence-corrected chi connectivity index (χ2v) is 8.50. The van der Waals surface area contributed by atoms with Crippen LogP contribution in [0.5, 0.6) is 0 Å². The molecular weight excluding hydrogens is 328 g/mol. The summed E-state index contributed by atoms with van der Waals surface area (Å²) >= 11 is 0. The van der Waals surface area contributed by atoms with Crippen LogP contribution in [-0.4, -0.2) is 23.7 Å². The molecular formula is C22H42O4. The number of carboxylic acid groups (broad SMARTS) is 1. The normalized spacial score (nSPS) is 12.5. The average molecular weight is 371 g/mol. The van der Waals surface area contributed by atoms with Crippen LogP contribution in [0.25, 0.3) is 0 Å². The van der Waals surface area contributed by atoms with Gasteiger partial charge in [-0.3, -0.25) is 9.59 Å². The largest absolute Gasteiger partial charge is 0.481 e. The first-order valence-corrected chi connectivity index (χ1v) is 10.7. The molecule has 154 valence electrons. The molecule has 4 heteroatoms. The van der Waals surface area contributed by atoms with Gasteiger partial charge in [0.05, 0.1) is 6.61 Å². The molecule has 0 aromatic heterocycles. The zero-order valence-electron chi connectivity index (χ0n) is 17.6. The average Bonchev–Trinajstić information content (AvgIpc) is 2.54. The Kier molecular flexibility index (Phi) is 15.5. The molecule has 1 atom stereocenters. The highest BCUT2D eigenvalue weighted by Gasteiger charge is 2.15. The van der Waals surface area contributed by atoms with E-state index in [0.29, 0.717) is 19.4 Å². The third-order valence-electron chi connectivity index (χ3n) is 4.80. The zero-order chi connectivity index (χ0) is 19.8. The van der Waals surface area contributed by atoms with Crippen LogP contribution in [0, 0.1) is 17.8 Å². The summed E-state index contributed by atoms with van der Waals surface area (Å²) in [6, 6.07) is 0. The smallest absolute Gasteiger partial charge is 0.305 e. The minimum atomic E-state index is -0.768. The van der Waals surface area contributed by atoms with Crippen molar-refractivity contribution >= 4 is 11.9 Å². The Hall–Kier alpha value is -1.06. The van der Waals surface area contributed by atoms with Gasteiger partial charge in [-0.25, -0.2) is 0 Å². The number of esters is 1. The van der Waals surface area contributed by atoms with Crippen molar-refractivity contribution in [2.75, 3.05) is 6.61 Å². The van der Waals surface area contributed by atoms with Gasteiger partial charge in [0.1, 0.15) is 0 Å². The maximum absolute atomic E-state index is 11.9. The minimum Gasteiger partial charge on any atom is -0.481 e. The summed E-state index contributed by atoms with van der Waals surface area (Å²) in [7, 11) is 0. The van der Waals surface area contributed by atoms with Gasteiger partial charge in [-0.05, 0) is 37.0 Å². The molecule has 0 aliphatic carbocycles. The molecule has 1 N–H and O–H groups in total. The summed E-state index contributed by atoms with van der Waals surface area (Å²) in [5.41, 5.74) is 0. The Morgan fingerprint density at radius 3 is 1.85 bits per heavy atom. The lowest BCUT2D eigenvalue weighted by Crippen LogP contribution is -2.12. The Morgan fingerprint density at radius 1 is 0.769 bits per heavy atom. The number of carbonyl (C=O) groups is 2. The predicted octanol–water partition coefficient (Wildman–Crippen LogP) is 6.22. The fourth-order valence-electron chi connectivity index (χ4n) is 3.17. The molecule has 0 rings (SSSR count). The Labute approximate surface area is 161 Å². The Balaban J connectivity index is 3.85. The molecule has 0 bridgehead atoms. The number of unbranched alkanes of at least 4 members (excludes halogenated alkanes) is 4. The second kappa shape index (κ2) is 16.1. The van der Waals surface area contributed by atoms with Crippen LogP contribution in [0.2, 0.25) is 0 Å². The van der Waals surface area contributed by atoms with Gasteiger partial charge in [0.2, 0.25) is 0 Å². The summed E-state index contributed by atoms with van der Waals surface area (Å²) in [4.78, 5) is 22.9. The Bertz CT molecular complexity index is 363. The fourth-order valence-corrected chi connectivity index (χ4v) is 3.17. The highest BCUT2D eigenvalue weighted by atomic mass is 16.5. The van der Waals surface area contributed by atoms with Crippen molar-refractivity contribution in [2.24, 2.45) is 17.8 Å². The van der Waals surface area contributed by atoms with Crippen LogP contribution in [0.4, 0.5) is 0 Å². The van der Waals surface area contributed by atoms with Crippen molar-refractivity contribution in [2.45, 2.75) is 105 Å². The van der Waals surface area contributed by atoms with Crippen LogP contribution < -0.4 is 0 Å². The van der Waals surface area contributed by atoms with Gasteiger partial charge in [0, 0.05) is 12.8 Å². The zero-order valence-corrected chi connectivity index (χ0v) is 17.6. The van der Waals surface area contributed by atoms with E-state index < -0.39 is 5.97 Å². The number of carboxylic acids is 1. The van der Waals surface area contributed by atoms with Crippen LogP contribution in [0.1, 0.15) is 105 Å². The van der Waals surface area contributed by atoms with Crippen molar-refractivity contribution in [1.29, 1.82) is 0 Å². The van der Waals surface area contributed by atoms with E-state index in [2.05, 4.69) is 27.7 Å². The molecule has 0 heterocycles. The fraction of sp³-hybridized carbons (Fsp3) is 0.909. The van der Waals surface area contributed by atoms with Gasteiger partial charge in [0.25, 0.3) is 0 Å². The molecule has 0 spiro atoms. The number of hydrogen-bond donors (Lipinski definition) is 1. The van der Waals surface area contributed by atoms with Gasteiger partial charge in [-0.15, -0.1) is 0 Å². The summed E-state index contributed by atoms with van der Waals surface area (Å²) in [6.45, 7) is 9.39. The molecule has 0 aromatic rings. The molecule has 0 aliphatic heterocycles. The lowest BCUT2D eigenvalue weighted by Gasteiger charge is -2.14. The maximum atomic E-state index is 11.9. The van der Waals surface area contributed by atoms with Gasteiger partial charge < -0.3 is 9.84 Å². The van der Waals surface area contributed by atoms with Gasteiger partial charge in [-0.1, -0.05) is 72.6 Å². The van der Waals surface area contributed by atoms with Crippen LogP contribution >= 0.6 is 0 Å². The summed E-state index contributed by atoms with van der Waals surface area (Å²) in [5.74, 6) is 0.601. The quantitative estimate of drug-likeness (QED) is 0.244. The number of rotatable bonds is 17. The number of hydrogen-bond acceptors (Lipinski definition) is 3. The summed E-state index contributed by atoms with van der Waals surface area (Å²) in [6.07, 6.45) is 11.1. The SMILES string of the molecule is CC(C)CCCCCOC(=O)CCC(CCCCCC(C)C)CC(=O)O. The lowest BCUT2D eigenvalue weighted by atomic mass is 9.92. The third kappa shape index (κ3) is 17.8. The van der Waals surface area contributed by atoms with Crippen LogP contribution in [0.15, 0.2) is 0 Å². The van der Waals surface area contributed by atoms with Crippen molar-refractivity contribution in [1.82, 2.24) is 0 Å². The van der Waals surface area contributed by atoms with E-state index in [9.17, 15) is 9.59 Å². The van der Waals surface area contributed by atoms with E-state index in [-0.39, 0.29) is 18.3 Å². The molecule has 0 saturated carbocycles. The predicted molar refractivity (Wildman–Crippen MR) is 107 cm³/mol. The van der Waals surface area contributed by atoms with E-state index in [1.807, 2.05) is 0 Å². The van der Waals surface area contributed by atoms with Gasteiger partial charge in [-0.2, -0.15) is 0 Å². The highest BCUT2D eigenvalue weighted by Crippen LogP contribution is 2.21. The molecule has 0 saturated heterocycles. The van der Waals surface area contributed by atoms with Crippen LogP contribution in [0.3, 0.4) is 0 Å². The molecule has 0 amide bonds. The van der Waals surface area contributed by atoms with Crippen molar-refractivity contribution in [3.05, 3.63) is 0 Å². The molecule has 1 unspecified atom stereocenters. The molecule has 0 fully saturated rings. The summed E-state index contributed by atoms with van der Waals surface area (Å²) < 4.78 is 5.29. The number of ether oxygens (including phenoxy) is 1. The minimum absolute atomic E-state index is 0.0881. The Morgan fingerprint density at radius 2 is 1.31 bits per heavy atom. The van der Waals surface area contributed by atoms with Crippen molar-refractivity contribution in [3.63, 3.8) is 0 Å². The van der Waals surface area contributed by atoms with Crippen molar-refractivity contribution in [3.8, 4) is 0 Å². The first-order chi connectivity index (χ1) is 12.3. The van der Waals surface area contributed by atoms with E-state index in [4.69, 9.17) is 9.84 Å². The van der Waals surface area contributed by atoms with Crippen LogP contribution in [-0.2, 0) is 14.3 Å². The first-order valence-electron chi connectivity index (χ1n) is 10.7. The lowest BCUT2D eigenvalue weighted by molar-refractivity contribution is -0.145. The van der Waals surface area contributed by atoms with Crippen molar-refractivity contribution < 1.29 is 19.4 Å². The topological polar surface area (TPSA) is 63.6 Å².